The number of rotatable bonds is 8. The van der Waals surface area contributed by atoms with Crippen molar-refractivity contribution in [3.05, 3.63) is 63.4 Å². The second-order valence-corrected chi connectivity index (χ2v) is 12.6. The second kappa shape index (κ2) is 10.1. The minimum Gasteiger partial charge on any atom is -0.267 e. The molecule has 0 N–H and O–H groups in total. The molecule has 1 aromatic heterocycles. The van der Waals surface area contributed by atoms with Crippen LogP contribution in [0.15, 0.2) is 57.8 Å². The minimum atomic E-state index is -3.90. The molecule has 2 saturated carbocycles. The van der Waals surface area contributed by atoms with Crippen molar-refractivity contribution in [2.45, 2.75) is 70.6 Å². The lowest BCUT2D eigenvalue weighted by Crippen LogP contribution is -2.37. The Morgan fingerprint density at radius 1 is 1.03 bits per heavy atom. The molecule has 2 atom stereocenters. The number of thiophene rings is 1. The van der Waals surface area contributed by atoms with E-state index in [1.54, 1.807) is 42.0 Å². The SMILES string of the molecule is C/C(=C(/C)C1CC1CCN(C(=O)c1cccs1)S(=O)(=O)c1ccc(C)cc1)C1CCCCC1. The predicted octanol–water partition coefficient (Wildman–Crippen LogP) is 6.83. The summed E-state index contributed by atoms with van der Waals surface area (Å²) in [5.41, 5.74) is 4.05. The molecule has 4 rings (SSSR count). The molecule has 2 aromatic rings. The van der Waals surface area contributed by atoms with Gasteiger partial charge in [-0.3, -0.25) is 4.79 Å². The molecule has 1 amide bonds. The Balaban J connectivity index is 1.49. The van der Waals surface area contributed by atoms with E-state index in [0.29, 0.717) is 23.1 Å². The fourth-order valence-corrected chi connectivity index (χ4v) is 7.35. The Bertz CT molecular complexity index is 1090. The third-order valence-corrected chi connectivity index (χ3v) is 10.2. The fraction of sp³-hybridized carbons (Fsp3) is 0.519. The van der Waals surface area contributed by atoms with Gasteiger partial charge in [-0.2, -0.15) is 0 Å². The van der Waals surface area contributed by atoms with E-state index in [1.807, 2.05) is 12.3 Å². The third-order valence-electron chi connectivity index (χ3n) is 7.59. The van der Waals surface area contributed by atoms with E-state index in [2.05, 4.69) is 13.8 Å². The lowest BCUT2D eigenvalue weighted by Gasteiger charge is -2.25. The third kappa shape index (κ3) is 5.43. The van der Waals surface area contributed by atoms with Crippen LogP contribution in [0.25, 0.3) is 0 Å². The molecule has 0 spiro atoms. The number of carbonyl (C=O) groups is 1. The Morgan fingerprint density at radius 2 is 1.73 bits per heavy atom. The highest BCUT2D eigenvalue weighted by Gasteiger charge is 2.41. The molecule has 2 fully saturated rings. The molecule has 1 heterocycles. The van der Waals surface area contributed by atoms with Gasteiger partial charge in [0.2, 0.25) is 0 Å². The number of hydrogen-bond donors (Lipinski definition) is 0. The van der Waals surface area contributed by atoms with Crippen molar-refractivity contribution in [3.8, 4) is 0 Å². The summed E-state index contributed by atoms with van der Waals surface area (Å²) in [5.74, 6) is 1.29. The van der Waals surface area contributed by atoms with E-state index in [0.717, 1.165) is 22.2 Å². The Hall–Kier alpha value is -1.92. The van der Waals surface area contributed by atoms with Crippen molar-refractivity contribution < 1.29 is 13.2 Å². The second-order valence-electron chi connectivity index (χ2n) is 9.76. The number of carbonyl (C=O) groups excluding carboxylic acids is 1. The monoisotopic (exact) mass is 485 g/mol. The Kier molecular flexibility index (Phi) is 7.44. The highest BCUT2D eigenvalue weighted by molar-refractivity contribution is 7.89. The minimum absolute atomic E-state index is 0.176. The maximum absolute atomic E-state index is 13.4. The molecule has 2 unspecified atom stereocenters. The van der Waals surface area contributed by atoms with Crippen molar-refractivity contribution in [2.75, 3.05) is 6.54 Å². The van der Waals surface area contributed by atoms with E-state index in [1.165, 1.54) is 49.0 Å². The van der Waals surface area contributed by atoms with Crippen molar-refractivity contribution in [3.63, 3.8) is 0 Å². The molecule has 1 aromatic carbocycles. The maximum Gasteiger partial charge on any atom is 0.277 e. The molecule has 6 heteroatoms. The summed E-state index contributed by atoms with van der Waals surface area (Å²) >= 11 is 1.29. The molecule has 0 radical (unpaired) electrons. The smallest absolute Gasteiger partial charge is 0.267 e. The van der Waals surface area contributed by atoms with Gasteiger partial charge in [0.05, 0.1) is 9.77 Å². The van der Waals surface area contributed by atoms with Gasteiger partial charge >= 0.3 is 0 Å². The zero-order chi connectivity index (χ0) is 23.6. The van der Waals surface area contributed by atoms with Gasteiger partial charge in [-0.25, -0.2) is 12.7 Å². The summed E-state index contributed by atoms with van der Waals surface area (Å²) in [6.45, 7) is 6.72. The predicted molar refractivity (Wildman–Crippen MR) is 135 cm³/mol. The van der Waals surface area contributed by atoms with E-state index < -0.39 is 15.9 Å². The van der Waals surface area contributed by atoms with Crippen molar-refractivity contribution in [2.24, 2.45) is 17.8 Å². The zero-order valence-corrected chi connectivity index (χ0v) is 21.6. The van der Waals surface area contributed by atoms with Crippen LogP contribution in [-0.2, 0) is 10.0 Å². The van der Waals surface area contributed by atoms with E-state index >= 15 is 0 Å². The van der Waals surface area contributed by atoms with Gasteiger partial charge in [-0.1, -0.05) is 54.2 Å². The molecule has 33 heavy (non-hydrogen) atoms. The summed E-state index contributed by atoms with van der Waals surface area (Å²) < 4.78 is 28.0. The topological polar surface area (TPSA) is 54.5 Å². The number of aryl methyl sites for hydroxylation is 1. The van der Waals surface area contributed by atoms with Gasteiger partial charge in [0.1, 0.15) is 0 Å². The Morgan fingerprint density at radius 3 is 2.36 bits per heavy atom. The lowest BCUT2D eigenvalue weighted by atomic mass is 9.82. The largest absolute Gasteiger partial charge is 0.277 e. The summed E-state index contributed by atoms with van der Waals surface area (Å²) in [4.78, 5) is 13.8. The average molecular weight is 486 g/mol. The quantitative estimate of drug-likeness (QED) is 0.385. The fourth-order valence-electron chi connectivity index (χ4n) is 5.22. The molecule has 0 aliphatic heterocycles. The number of benzene rings is 1. The summed E-state index contributed by atoms with van der Waals surface area (Å²) in [7, 11) is -3.90. The molecule has 2 aliphatic rings. The highest BCUT2D eigenvalue weighted by atomic mass is 32.2. The van der Waals surface area contributed by atoms with Crippen molar-refractivity contribution in [1.29, 1.82) is 0 Å². The van der Waals surface area contributed by atoms with E-state index in [4.69, 9.17) is 0 Å². The van der Waals surface area contributed by atoms with Crippen LogP contribution >= 0.6 is 11.3 Å². The molecular formula is C27H35NO3S2. The number of nitrogens with zero attached hydrogens (tertiary/aromatic N) is 1. The first kappa shape index (κ1) is 24.2. The number of sulfonamides is 1. The van der Waals surface area contributed by atoms with E-state index in [9.17, 15) is 13.2 Å². The first-order chi connectivity index (χ1) is 15.8. The van der Waals surface area contributed by atoms with Crippen LogP contribution in [0.2, 0.25) is 0 Å². The number of hydrogen-bond acceptors (Lipinski definition) is 4. The van der Waals surface area contributed by atoms with Crippen molar-refractivity contribution >= 4 is 27.3 Å². The van der Waals surface area contributed by atoms with Gasteiger partial charge in [0.25, 0.3) is 15.9 Å². The standard InChI is InChI=1S/C27H35NO3S2/c1-19-11-13-24(14-12-19)33(30,31)28(27(29)26-10-7-17-32-26)16-15-23-18-25(23)21(3)20(2)22-8-5-4-6-9-22/h7,10-14,17,22-23,25H,4-6,8-9,15-16,18H2,1-3H3/b21-20+. The normalized spacial score (nSPS) is 22.0. The van der Waals surface area contributed by atoms with Crippen molar-refractivity contribution in [1.82, 2.24) is 4.31 Å². The number of allylic oxidation sites excluding steroid dienone is 2. The number of amides is 1. The van der Waals surface area contributed by atoms with Crippen LogP contribution in [0, 0.1) is 24.7 Å². The van der Waals surface area contributed by atoms with Gasteiger partial charge in [0.15, 0.2) is 0 Å². The van der Waals surface area contributed by atoms with Crippen LogP contribution in [-0.4, -0.2) is 25.2 Å². The van der Waals surface area contributed by atoms with Crippen LogP contribution in [0.3, 0.4) is 0 Å². The molecule has 178 valence electrons. The summed E-state index contributed by atoms with van der Waals surface area (Å²) in [6, 6.07) is 10.2. The first-order valence-corrected chi connectivity index (χ1v) is 14.5. The molecule has 4 nitrogen and oxygen atoms in total. The van der Waals surface area contributed by atoms with Gasteiger partial charge < -0.3 is 0 Å². The Labute approximate surface area is 202 Å². The van der Waals surface area contributed by atoms with Gasteiger partial charge in [-0.05, 0) is 87.8 Å². The molecule has 2 aliphatic carbocycles. The van der Waals surface area contributed by atoms with Crippen LogP contribution in [0.1, 0.15) is 74.0 Å². The van der Waals surface area contributed by atoms with Crippen LogP contribution in [0.4, 0.5) is 0 Å². The summed E-state index contributed by atoms with van der Waals surface area (Å²) in [5, 5.41) is 1.81. The maximum atomic E-state index is 13.4. The first-order valence-electron chi connectivity index (χ1n) is 12.1. The average Bonchev–Trinajstić information content (AvgIpc) is 3.37. The van der Waals surface area contributed by atoms with Gasteiger partial charge in [0, 0.05) is 6.54 Å². The molecule has 0 saturated heterocycles. The summed E-state index contributed by atoms with van der Waals surface area (Å²) in [6.07, 6.45) is 8.44. The van der Waals surface area contributed by atoms with E-state index in [-0.39, 0.29) is 11.4 Å². The lowest BCUT2D eigenvalue weighted by molar-refractivity contribution is 0.0863. The van der Waals surface area contributed by atoms with Gasteiger partial charge in [-0.15, -0.1) is 11.3 Å². The van der Waals surface area contributed by atoms with Crippen LogP contribution in [0.5, 0.6) is 0 Å². The molecule has 0 bridgehead atoms. The highest BCUT2D eigenvalue weighted by Crippen LogP contribution is 2.49. The zero-order valence-electron chi connectivity index (χ0n) is 19.9. The van der Waals surface area contributed by atoms with Crippen LogP contribution < -0.4 is 0 Å². The molecular weight excluding hydrogens is 450 g/mol.